The molecule has 20 heavy (non-hydrogen) atoms. The van der Waals surface area contributed by atoms with Crippen LogP contribution in [-0.4, -0.2) is 19.5 Å². The zero-order valence-electron chi connectivity index (χ0n) is 11.8. The quantitative estimate of drug-likeness (QED) is 0.870. The summed E-state index contributed by atoms with van der Waals surface area (Å²) in [6.45, 7) is 4.39. The topological polar surface area (TPSA) is 41.1 Å². The number of anilines is 1. The molecule has 0 radical (unpaired) electrons. The van der Waals surface area contributed by atoms with Gasteiger partial charge in [0.15, 0.2) is 0 Å². The third-order valence-electron chi connectivity index (χ3n) is 3.17. The maximum absolute atomic E-state index is 12.7. The number of amides is 1. The molecule has 1 atom stereocenters. The molecule has 0 fully saturated rings. The fraction of sp³-hybridized carbons (Fsp3) is 0.500. The number of halogens is 3. The van der Waals surface area contributed by atoms with Gasteiger partial charge >= 0.3 is 6.18 Å². The number of carbonyl (C=O) groups is 1. The van der Waals surface area contributed by atoms with Crippen LogP contribution in [0.1, 0.15) is 36.2 Å². The second-order valence-electron chi connectivity index (χ2n) is 4.73. The van der Waals surface area contributed by atoms with Gasteiger partial charge in [0, 0.05) is 19.3 Å². The Kier molecular flexibility index (Phi) is 5.42. The van der Waals surface area contributed by atoms with Gasteiger partial charge in [-0.25, -0.2) is 0 Å². The van der Waals surface area contributed by atoms with Gasteiger partial charge in [-0.05, 0) is 24.1 Å². The third kappa shape index (κ3) is 4.15. The molecule has 0 heterocycles. The predicted octanol–water partition coefficient (Wildman–Crippen LogP) is 3.52. The van der Waals surface area contributed by atoms with Gasteiger partial charge in [0.25, 0.3) is 5.91 Å². The molecular formula is C14H19F3N2O. The fourth-order valence-electron chi connectivity index (χ4n) is 1.63. The van der Waals surface area contributed by atoms with Gasteiger partial charge in [0.1, 0.15) is 0 Å². The molecule has 0 saturated heterocycles. The van der Waals surface area contributed by atoms with Crippen molar-refractivity contribution < 1.29 is 18.0 Å². The highest BCUT2D eigenvalue weighted by atomic mass is 19.4. The summed E-state index contributed by atoms with van der Waals surface area (Å²) < 4.78 is 38.1. The van der Waals surface area contributed by atoms with E-state index in [4.69, 9.17) is 0 Å². The molecule has 1 amide bonds. The zero-order valence-corrected chi connectivity index (χ0v) is 11.8. The van der Waals surface area contributed by atoms with E-state index in [0.29, 0.717) is 12.2 Å². The lowest BCUT2D eigenvalue weighted by atomic mass is 10.1. The van der Waals surface area contributed by atoms with Crippen LogP contribution in [0.2, 0.25) is 0 Å². The van der Waals surface area contributed by atoms with Crippen LogP contribution in [0.5, 0.6) is 0 Å². The SMILES string of the molecule is CCC(C)CNC(=O)c1cc(C(F)(F)F)ccc1NC. The van der Waals surface area contributed by atoms with Gasteiger partial charge in [0.2, 0.25) is 0 Å². The van der Waals surface area contributed by atoms with Crippen LogP contribution in [0, 0.1) is 5.92 Å². The van der Waals surface area contributed by atoms with Crippen molar-refractivity contribution in [1.29, 1.82) is 0 Å². The molecule has 112 valence electrons. The van der Waals surface area contributed by atoms with Gasteiger partial charge in [-0.2, -0.15) is 13.2 Å². The fourth-order valence-corrected chi connectivity index (χ4v) is 1.63. The van der Waals surface area contributed by atoms with Gasteiger partial charge < -0.3 is 10.6 Å². The van der Waals surface area contributed by atoms with Crippen LogP contribution >= 0.6 is 0 Å². The van der Waals surface area contributed by atoms with Crippen molar-refractivity contribution >= 4 is 11.6 Å². The van der Waals surface area contributed by atoms with Gasteiger partial charge in [-0.3, -0.25) is 4.79 Å². The highest BCUT2D eigenvalue weighted by molar-refractivity contribution is 5.99. The van der Waals surface area contributed by atoms with Crippen molar-refractivity contribution in [3.63, 3.8) is 0 Å². The van der Waals surface area contributed by atoms with Crippen molar-refractivity contribution in [3.05, 3.63) is 29.3 Å². The molecule has 0 aliphatic rings. The lowest BCUT2D eigenvalue weighted by molar-refractivity contribution is -0.137. The van der Waals surface area contributed by atoms with E-state index in [1.54, 1.807) is 7.05 Å². The molecule has 1 aromatic rings. The van der Waals surface area contributed by atoms with E-state index in [1.807, 2.05) is 13.8 Å². The van der Waals surface area contributed by atoms with E-state index < -0.39 is 17.6 Å². The van der Waals surface area contributed by atoms with E-state index in [-0.39, 0.29) is 11.5 Å². The number of hydrogen-bond acceptors (Lipinski definition) is 2. The summed E-state index contributed by atoms with van der Waals surface area (Å²) in [7, 11) is 1.56. The predicted molar refractivity (Wildman–Crippen MR) is 72.8 cm³/mol. The molecule has 0 aliphatic heterocycles. The number of carbonyl (C=O) groups excluding carboxylic acids is 1. The highest BCUT2D eigenvalue weighted by Gasteiger charge is 2.31. The first-order chi connectivity index (χ1) is 9.29. The van der Waals surface area contributed by atoms with Gasteiger partial charge in [0.05, 0.1) is 11.1 Å². The van der Waals surface area contributed by atoms with E-state index in [9.17, 15) is 18.0 Å². The van der Waals surface area contributed by atoms with Crippen LogP contribution in [0.3, 0.4) is 0 Å². The first-order valence-electron chi connectivity index (χ1n) is 6.46. The van der Waals surface area contributed by atoms with Crippen molar-refractivity contribution in [2.45, 2.75) is 26.4 Å². The largest absolute Gasteiger partial charge is 0.416 e. The normalized spacial score (nSPS) is 12.9. The summed E-state index contributed by atoms with van der Waals surface area (Å²) in [4.78, 5) is 12.0. The molecular weight excluding hydrogens is 269 g/mol. The van der Waals surface area contributed by atoms with Crippen LogP contribution in [0.4, 0.5) is 18.9 Å². The minimum absolute atomic E-state index is 0.00521. The zero-order chi connectivity index (χ0) is 15.3. The average molecular weight is 288 g/mol. The summed E-state index contributed by atoms with van der Waals surface area (Å²) in [6, 6.07) is 3.09. The molecule has 1 aromatic carbocycles. The molecule has 2 N–H and O–H groups in total. The second-order valence-corrected chi connectivity index (χ2v) is 4.73. The Hall–Kier alpha value is -1.72. The van der Waals surface area contributed by atoms with Crippen LogP contribution in [0.15, 0.2) is 18.2 Å². The average Bonchev–Trinajstić information content (AvgIpc) is 2.42. The molecule has 0 saturated carbocycles. The molecule has 1 rings (SSSR count). The summed E-state index contributed by atoms with van der Waals surface area (Å²) >= 11 is 0. The van der Waals surface area contributed by atoms with Gasteiger partial charge in [-0.1, -0.05) is 20.3 Å². The van der Waals surface area contributed by atoms with Crippen molar-refractivity contribution in [2.24, 2.45) is 5.92 Å². The first kappa shape index (κ1) is 16.3. The third-order valence-corrected chi connectivity index (χ3v) is 3.17. The van der Waals surface area contributed by atoms with Crippen LogP contribution in [0.25, 0.3) is 0 Å². The lowest BCUT2D eigenvalue weighted by Crippen LogP contribution is -2.29. The van der Waals surface area contributed by atoms with E-state index >= 15 is 0 Å². The molecule has 1 unspecified atom stereocenters. The molecule has 0 aromatic heterocycles. The monoisotopic (exact) mass is 288 g/mol. The van der Waals surface area contributed by atoms with Crippen LogP contribution < -0.4 is 10.6 Å². The molecule has 0 spiro atoms. The van der Waals surface area contributed by atoms with Gasteiger partial charge in [-0.15, -0.1) is 0 Å². The molecule has 6 heteroatoms. The van der Waals surface area contributed by atoms with Crippen LogP contribution in [-0.2, 0) is 6.18 Å². The molecule has 0 bridgehead atoms. The van der Waals surface area contributed by atoms with E-state index in [2.05, 4.69) is 10.6 Å². The second kappa shape index (κ2) is 6.63. The smallest absolute Gasteiger partial charge is 0.387 e. The highest BCUT2D eigenvalue weighted by Crippen LogP contribution is 2.31. The summed E-state index contributed by atoms with van der Waals surface area (Å²) in [6.07, 6.45) is -3.57. The van der Waals surface area contributed by atoms with Crippen molar-refractivity contribution in [1.82, 2.24) is 5.32 Å². The number of rotatable bonds is 5. The summed E-state index contributed by atoms with van der Waals surface area (Å²) in [5.74, 6) is -0.219. The number of hydrogen-bond donors (Lipinski definition) is 2. The summed E-state index contributed by atoms with van der Waals surface area (Å²) in [5.41, 5.74) is -0.449. The van der Waals surface area contributed by atoms with E-state index in [0.717, 1.165) is 18.6 Å². The standard InChI is InChI=1S/C14H19F3N2O/c1-4-9(2)8-19-13(20)11-7-10(14(15,16)17)5-6-12(11)18-3/h5-7,9,18H,4,8H2,1-3H3,(H,19,20). The minimum Gasteiger partial charge on any atom is -0.387 e. The van der Waals surface area contributed by atoms with E-state index in [1.165, 1.54) is 6.07 Å². The minimum atomic E-state index is -4.46. The molecule has 3 nitrogen and oxygen atoms in total. The Morgan fingerprint density at radius 3 is 2.50 bits per heavy atom. The first-order valence-corrected chi connectivity index (χ1v) is 6.46. The Balaban J connectivity index is 2.99. The Morgan fingerprint density at radius 1 is 1.35 bits per heavy atom. The molecule has 0 aliphatic carbocycles. The van der Waals surface area contributed by atoms with Crippen molar-refractivity contribution in [2.75, 3.05) is 18.9 Å². The maximum atomic E-state index is 12.7. The Morgan fingerprint density at radius 2 is 2.00 bits per heavy atom. The number of nitrogens with one attached hydrogen (secondary N) is 2. The number of alkyl halides is 3. The van der Waals surface area contributed by atoms with Crippen molar-refractivity contribution in [3.8, 4) is 0 Å². The number of benzene rings is 1. The lowest BCUT2D eigenvalue weighted by Gasteiger charge is -2.15. The Labute approximate surface area is 116 Å². The maximum Gasteiger partial charge on any atom is 0.416 e. The summed E-state index contributed by atoms with van der Waals surface area (Å²) in [5, 5.41) is 5.39. The Bertz CT molecular complexity index is 472.